The zero-order chi connectivity index (χ0) is 15.1. The standard InChI is InChI=1S/C8H2F9NO/c9-6(10,11)3-1-4(19-8(15,16)17)5(18-2-3)7(12,13)14/h1-2H. The van der Waals surface area contributed by atoms with Crippen LogP contribution in [0.5, 0.6) is 5.75 Å². The van der Waals surface area contributed by atoms with E-state index in [4.69, 9.17) is 0 Å². The van der Waals surface area contributed by atoms with Crippen LogP contribution in [0.2, 0.25) is 0 Å². The zero-order valence-corrected chi connectivity index (χ0v) is 8.41. The lowest BCUT2D eigenvalue weighted by molar-refractivity contribution is -0.276. The topological polar surface area (TPSA) is 22.1 Å². The van der Waals surface area contributed by atoms with E-state index < -0.39 is 41.8 Å². The van der Waals surface area contributed by atoms with Crippen LogP contribution in [0.3, 0.4) is 0 Å². The van der Waals surface area contributed by atoms with Gasteiger partial charge in [0.2, 0.25) is 0 Å². The maximum absolute atomic E-state index is 12.3. The van der Waals surface area contributed by atoms with Gasteiger partial charge in [0.25, 0.3) is 0 Å². The molecular formula is C8H2F9NO. The Bertz CT molecular complexity index is 459. The van der Waals surface area contributed by atoms with Crippen LogP contribution in [0, 0.1) is 0 Å². The molecule has 0 bridgehead atoms. The monoisotopic (exact) mass is 299 g/mol. The Balaban J connectivity index is 3.35. The molecule has 0 aliphatic carbocycles. The molecule has 0 aliphatic rings. The Morgan fingerprint density at radius 2 is 1.37 bits per heavy atom. The number of pyridine rings is 1. The van der Waals surface area contributed by atoms with Crippen LogP contribution in [0.15, 0.2) is 12.3 Å². The Morgan fingerprint density at radius 3 is 1.74 bits per heavy atom. The summed E-state index contributed by atoms with van der Waals surface area (Å²) in [4.78, 5) is 2.33. The first kappa shape index (κ1) is 15.4. The minimum absolute atomic E-state index is 0.230. The van der Waals surface area contributed by atoms with Gasteiger partial charge >= 0.3 is 18.7 Å². The highest BCUT2D eigenvalue weighted by Gasteiger charge is 2.43. The fourth-order valence-corrected chi connectivity index (χ4v) is 1.01. The molecule has 0 spiro atoms. The second-order valence-electron chi connectivity index (χ2n) is 3.11. The van der Waals surface area contributed by atoms with E-state index in [0.29, 0.717) is 0 Å². The lowest BCUT2D eigenvalue weighted by Gasteiger charge is -2.16. The van der Waals surface area contributed by atoms with Crippen LogP contribution >= 0.6 is 0 Å². The molecule has 1 rings (SSSR count). The van der Waals surface area contributed by atoms with Crippen molar-refractivity contribution in [3.8, 4) is 5.75 Å². The summed E-state index contributed by atoms with van der Waals surface area (Å²) in [5.41, 5.74) is -3.99. The first-order chi connectivity index (χ1) is 8.31. The van der Waals surface area contributed by atoms with Crippen molar-refractivity contribution in [3.63, 3.8) is 0 Å². The van der Waals surface area contributed by atoms with E-state index in [1.807, 2.05) is 0 Å². The number of hydrogen-bond donors (Lipinski definition) is 0. The van der Waals surface area contributed by atoms with Crippen molar-refractivity contribution in [1.29, 1.82) is 0 Å². The average Bonchev–Trinajstić information content (AvgIpc) is 2.11. The molecule has 1 aromatic rings. The summed E-state index contributed by atoms with van der Waals surface area (Å²) < 4.78 is 112. The summed E-state index contributed by atoms with van der Waals surface area (Å²) in [7, 11) is 0. The second kappa shape index (κ2) is 4.46. The summed E-state index contributed by atoms with van der Waals surface area (Å²) in [6.07, 6.45) is -16.3. The van der Waals surface area contributed by atoms with Crippen molar-refractivity contribution in [1.82, 2.24) is 4.98 Å². The number of nitrogens with zero attached hydrogens (tertiary/aromatic N) is 1. The fourth-order valence-electron chi connectivity index (χ4n) is 1.01. The van der Waals surface area contributed by atoms with Crippen molar-refractivity contribution in [3.05, 3.63) is 23.5 Å². The Labute approximate surface area is 98.3 Å². The molecule has 2 nitrogen and oxygen atoms in total. The predicted molar refractivity (Wildman–Crippen MR) is 40.9 cm³/mol. The van der Waals surface area contributed by atoms with Crippen LogP contribution in [0.4, 0.5) is 39.5 Å². The predicted octanol–water partition coefficient (Wildman–Crippen LogP) is 4.02. The number of halogens is 9. The van der Waals surface area contributed by atoms with E-state index in [2.05, 4.69) is 9.72 Å². The maximum atomic E-state index is 12.3. The van der Waals surface area contributed by atoms with Gasteiger partial charge in [-0.3, -0.25) is 0 Å². The number of alkyl halides is 9. The molecule has 0 fully saturated rings. The van der Waals surface area contributed by atoms with Gasteiger partial charge < -0.3 is 4.74 Å². The van der Waals surface area contributed by atoms with E-state index in [-0.39, 0.29) is 6.20 Å². The van der Waals surface area contributed by atoms with Crippen molar-refractivity contribution in [2.75, 3.05) is 0 Å². The van der Waals surface area contributed by atoms with Gasteiger partial charge in [-0.2, -0.15) is 26.3 Å². The lowest BCUT2D eigenvalue weighted by atomic mass is 10.2. The molecule has 1 aromatic heterocycles. The van der Waals surface area contributed by atoms with Crippen LogP contribution < -0.4 is 4.74 Å². The molecule has 0 unspecified atom stereocenters. The molecule has 0 atom stereocenters. The second-order valence-corrected chi connectivity index (χ2v) is 3.11. The summed E-state index contributed by atoms with van der Waals surface area (Å²) >= 11 is 0. The van der Waals surface area contributed by atoms with Crippen molar-refractivity contribution in [2.45, 2.75) is 18.7 Å². The lowest BCUT2D eigenvalue weighted by Crippen LogP contribution is -2.22. The number of hydrogen-bond acceptors (Lipinski definition) is 2. The van der Waals surface area contributed by atoms with Gasteiger partial charge in [0, 0.05) is 6.20 Å². The first-order valence-corrected chi connectivity index (χ1v) is 4.21. The van der Waals surface area contributed by atoms with Crippen molar-refractivity contribution in [2.24, 2.45) is 0 Å². The molecule has 19 heavy (non-hydrogen) atoms. The van der Waals surface area contributed by atoms with Gasteiger partial charge in [-0.15, -0.1) is 13.2 Å². The zero-order valence-electron chi connectivity index (χ0n) is 8.41. The highest BCUT2D eigenvalue weighted by atomic mass is 19.4. The minimum Gasteiger partial charge on any atom is -0.403 e. The SMILES string of the molecule is FC(F)(F)Oc1cc(C(F)(F)F)cnc1C(F)(F)F. The number of ether oxygens (including phenoxy) is 1. The summed E-state index contributed by atoms with van der Waals surface area (Å²) in [6.45, 7) is 0. The van der Waals surface area contributed by atoms with Crippen LogP contribution in [0.25, 0.3) is 0 Å². The molecule has 108 valence electrons. The normalized spacial score (nSPS) is 13.5. The number of aromatic nitrogens is 1. The van der Waals surface area contributed by atoms with Gasteiger partial charge in [-0.05, 0) is 6.07 Å². The molecule has 0 radical (unpaired) electrons. The molecular weight excluding hydrogens is 297 g/mol. The number of rotatable bonds is 1. The third-order valence-corrected chi connectivity index (χ3v) is 1.67. The molecule has 0 aliphatic heterocycles. The third kappa shape index (κ3) is 4.17. The molecule has 1 heterocycles. The minimum atomic E-state index is -5.58. The molecule has 0 saturated heterocycles. The highest BCUT2D eigenvalue weighted by molar-refractivity contribution is 5.34. The Kier molecular flexibility index (Phi) is 3.61. The summed E-state index contributed by atoms with van der Waals surface area (Å²) in [5, 5.41) is 0. The molecule has 0 saturated carbocycles. The summed E-state index contributed by atoms with van der Waals surface area (Å²) in [5.74, 6) is -2.06. The smallest absolute Gasteiger partial charge is 0.403 e. The summed E-state index contributed by atoms with van der Waals surface area (Å²) in [6, 6.07) is -0.413. The Morgan fingerprint density at radius 1 is 0.842 bits per heavy atom. The molecule has 0 amide bonds. The van der Waals surface area contributed by atoms with E-state index in [1.165, 1.54) is 0 Å². The van der Waals surface area contributed by atoms with Gasteiger partial charge in [-0.25, -0.2) is 4.98 Å². The fraction of sp³-hybridized carbons (Fsp3) is 0.375. The van der Waals surface area contributed by atoms with Gasteiger partial charge in [0.1, 0.15) is 0 Å². The van der Waals surface area contributed by atoms with Crippen LogP contribution in [-0.4, -0.2) is 11.3 Å². The molecule has 0 N–H and O–H groups in total. The van der Waals surface area contributed by atoms with Crippen molar-refractivity contribution >= 4 is 0 Å². The maximum Gasteiger partial charge on any atom is 0.573 e. The van der Waals surface area contributed by atoms with E-state index in [9.17, 15) is 39.5 Å². The largest absolute Gasteiger partial charge is 0.573 e. The van der Waals surface area contributed by atoms with Gasteiger partial charge in [-0.1, -0.05) is 0 Å². The highest BCUT2D eigenvalue weighted by Crippen LogP contribution is 2.40. The van der Waals surface area contributed by atoms with Gasteiger partial charge in [0.05, 0.1) is 5.56 Å². The van der Waals surface area contributed by atoms with Gasteiger partial charge in [0.15, 0.2) is 11.4 Å². The molecule has 0 aromatic carbocycles. The van der Waals surface area contributed by atoms with Crippen LogP contribution in [0.1, 0.15) is 11.3 Å². The van der Waals surface area contributed by atoms with E-state index >= 15 is 0 Å². The van der Waals surface area contributed by atoms with Crippen molar-refractivity contribution < 1.29 is 44.3 Å². The van der Waals surface area contributed by atoms with E-state index in [1.54, 1.807) is 0 Å². The molecule has 11 heteroatoms. The third-order valence-electron chi connectivity index (χ3n) is 1.67. The van der Waals surface area contributed by atoms with E-state index in [0.717, 1.165) is 0 Å². The average molecular weight is 299 g/mol. The quantitative estimate of drug-likeness (QED) is 0.731. The van der Waals surface area contributed by atoms with Crippen LogP contribution in [-0.2, 0) is 12.4 Å². The first-order valence-electron chi connectivity index (χ1n) is 4.21. The Hall–Kier alpha value is -1.68.